The minimum absolute atomic E-state index is 0.531. The number of rotatable bonds is 5. The Balaban J connectivity index is 2.05. The van der Waals surface area contributed by atoms with Gasteiger partial charge in [0, 0.05) is 11.5 Å². The zero-order valence-electron chi connectivity index (χ0n) is 12.3. The predicted octanol–water partition coefficient (Wildman–Crippen LogP) is 3.92. The van der Waals surface area contributed by atoms with Crippen molar-refractivity contribution in [1.82, 2.24) is 9.78 Å². The second kappa shape index (κ2) is 5.31. The van der Waals surface area contributed by atoms with Crippen LogP contribution in [0.2, 0.25) is 0 Å². The van der Waals surface area contributed by atoms with E-state index in [4.69, 9.17) is 10.8 Å². The van der Waals surface area contributed by atoms with Gasteiger partial charge in [-0.15, -0.1) is 0 Å². The van der Waals surface area contributed by atoms with Crippen molar-refractivity contribution in [2.75, 3.05) is 5.73 Å². The van der Waals surface area contributed by atoms with Gasteiger partial charge < -0.3 is 5.73 Å². The number of hydrogen-bond acceptors (Lipinski definition) is 2. The standard InChI is InChI=1S/C17H23N3/c1-3-7-15-16(12(2)13-10-11-13)19-20(17(15)18)14-8-5-4-6-9-14/h4-6,8-9,12-13H,3,7,10-11,18H2,1-2H3. The summed E-state index contributed by atoms with van der Waals surface area (Å²) in [6.07, 6.45) is 4.80. The van der Waals surface area contributed by atoms with Gasteiger partial charge in [-0.05, 0) is 37.3 Å². The van der Waals surface area contributed by atoms with Gasteiger partial charge in [0.15, 0.2) is 0 Å². The largest absolute Gasteiger partial charge is 0.383 e. The maximum Gasteiger partial charge on any atom is 0.130 e. The third kappa shape index (κ3) is 2.33. The van der Waals surface area contributed by atoms with Gasteiger partial charge in [-0.25, -0.2) is 4.68 Å². The lowest BCUT2D eigenvalue weighted by Gasteiger charge is -2.09. The third-order valence-corrected chi connectivity index (χ3v) is 4.32. The molecule has 1 saturated carbocycles. The molecule has 1 aliphatic carbocycles. The monoisotopic (exact) mass is 269 g/mol. The molecule has 3 nitrogen and oxygen atoms in total. The molecule has 0 radical (unpaired) electrons. The molecule has 0 amide bonds. The van der Waals surface area contributed by atoms with Gasteiger partial charge in [0.05, 0.1) is 11.4 Å². The zero-order valence-corrected chi connectivity index (χ0v) is 12.3. The highest BCUT2D eigenvalue weighted by Crippen LogP contribution is 2.43. The van der Waals surface area contributed by atoms with Crippen molar-refractivity contribution < 1.29 is 0 Å². The zero-order chi connectivity index (χ0) is 14.1. The normalized spacial score (nSPS) is 16.3. The van der Waals surface area contributed by atoms with E-state index >= 15 is 0 Å². The number of nitrogens with two attached hydrogens (primary N) is 1. The van der Waals surface area contributed by atoms with Crippen LogP contribution >= 0.6 is 0 Å². The summed E-state index contributed by atoms with van der Waals surface area (Å²) < 4.78 is 1.92. The molecule has 0 aliphatic heterocycles. The number of para-hydroxylation sites is 1. The van der Waals surface area contributed by atoms with Crippen LogP contribution in [0.3, 0.4) is 0 Å². The van der Waals surface area contributed by atoms with Crippen LogP contribution in [-0.4, -0.2) is 9.78 Å². The molecule has 3 heteroatoms. The fraction of sp³-hybridized carbons (Fsp3) is 0.471. The maximum absolute atomic E-state index is 6.38. The van der Waals surface area contributed by atoms with Crippen molar-refractivity contribution in [3.05, 3.63) is 41.6 Å². The number of nitrogens with zero attached hydrogens (tertiary/aromatic N) is 2. The topological polar surface area (TPSA) is 43.8 Å². The average molecular weight is 269 g/mol. The summed E-state index contributed by atoms with van der Waals surface area (Å²) in [5.41, 5.74) is 9.91. The van der Waals surface area contributed by atoms with E-state index in [-0.39, 0.29) is 0 Å². The van der Waals surface area contributed by atoms with Gasteiger partial charge in [0.1, 0.15) is 5.82 Å². The van der Waals surface area contributed by atoms with Crippen molar-refractivity contribution >= 4 is 5.82 Å². The summed E-state index contributed by atoms with van der Waals surface area (Å²) in [5, 5.41) is 4.85. The van der Waals surface area contributed by atoms with Crippen LogP contribution < -0.4 is 5.73 Å². The van der Waals surface area contributed by atoms with Crippen LogP contribution in [0.1, 0.15) is 50.3 Å². The van der Waals surface area contributed by atoms with Crippen molar-refractivity contribution in [2.24, 2.45) is 5.92 Å². The van der Waals surface area contributed by atoms with E-state index in [9.17, 15) is 0 Å². The first-order valence-electron chi connectivity index (χ1n) is 7.65. The summed E-state index contributed by atoms with van der Waals surface area (Å²) in [6.45, 7) is 4.50. The molecule has 0 saturated heterocycles. The summed E-state index contributed by atoms with van der Waals surface area (Å²) in [4.78, 5) is 0. The van der Waals surface area contributed by atoms with Crippen LogP contribution in [-0.2, 0) is 6.42 Å². The van der Waals surface area contributed by atoms with E-state index in [0.29, 0.717) is 5.92 Å². The minimum Gasteiger partial charge on any atom is -0.383 e. The Hall–Kier alpha value is -1.77. The number of hydrogen-bond donors (Lipinski definition) is 1. The van der Waals surface area contributed by atoms with Crippen molar-refractivity contribution in [3.8, 4) is 5.69 Å². The SMILES string of the molecule is CCCc1c(C(C)C2CC2)nn(-c2ccccc2)c1N. The molecule has 2 N–H and O–H groups in total. The van der Waals surface area contributed by atoms with Crippen LogP contribution in [0, 0.1) is 5.92 Å². The lowest BCUT2D eigenvalue weighted by molar-refractivity contribution is 0.625. The lowest BCUT2D eigenvalue weighted by atomic mass is 9.96. The van der Waals surface area contributed by atoms with Gasteiger partial charge in [-0.3, -0.25) is 0 Å². The molecular weight excluding hydrogens is 246 g/mol. The number of aromatic nitrogens is 2. The molecule has 106 valence electrons. The van der Waals surface area contributed by atoms with Gasteiger partial charge in [0.2, 0.25) is 0 Å². The van der Waals surface area contributed by atoms with E-state index in [2.05, 4.69) is 26.0 Å². The second-order valence-corrected chi connectivity index (χ2v) is 5.87. The Bertz CT molecular complexity index is 582. The molecule has 20 heavy (non-hydrogen) atoms. The first-order valence-corrected chi connectivity index (χ1v) is 7.65. The van der Waals surface area contributed by atoms with Crippen LogP contribution in [0.5, 0.6) is 0 Å². The molecule has 0 spiro atoms. The average Bonchev–Trinajstić information content (AvgIpc) is 3.27. The number of anilines is 1. The van der Waals surface area contributed by atoms with Crippen LogP contribution in [0.15, 0.2) is 30.3 Å². The molecule has 1 fully saturated rings. The Labute approximate surface area is 120 Å². The van der Waals surface area contributed by atoms with E-state index in [1.165, 1.54) is 24.1 Å². The molecule has 1 heterocycles. The Morgan fingerprint density at radius 3 is 2.60 bits per heavy atom. The fourth-order valence-corrected chi connectivity index (χ4v) is 2.94. The van der Waals surface area contributed by atoms with Gasteiger partial charge >= 0.3 is 0 Å². The van der Waals surface area contributed by atoms with Crippen molar-refractivity contribution in [2.45, 2.75) is 45.4 Å². The molecule has 1 unspecified atom stereocenters. The molecule has 3 rings (SSSR count). The second-order valence-electron chi connectivity index (χ2n) is 5.87. The van der Waals surface area contributed by atoms with Crippen molar-refractivity contribution in [3.63, 3.8) is 0 Å². The Morgan fingerprint density at radius 2 is 2.00 bits per heavy atom. The van der Waals surface area contributed by atoms with Gasteiger partial charge in [-0.2, -0.15) is 5.10 Å². The van der Waals surface area contributed by atoms with Crippen LogP contribution in [0.25, 0.3) is 5.69 Å². The fourth-order valence-electron chi connectivity index (χ4n) is 2.94. The summed E-state index contributed by atoms with van der Waals surface area (Å²) in [5.74, 6) is 2.16. The molecule has 0 bridgehead atoms. The molecule has 2 aromatic rings. The highest BCUT2D eigenvalue weighted by atomic mass is 15.3. The van der Waals surface area contributed by atoms with Crippen LogP contribution in [0.4, 0.5) is 5.82 Å². The Morgan fingerprint density at radius 1 is 1.30 bits per heavy atom. The van der Waals surface area contributed by atoms with Gasteiger partial charge in [-0.1, -0.05) is 38.5 Å². The number of nitrogen functional groups attached to an aromatic ring is 1. The quantitative estimate of drug-likeness (QED) is 0.894. The molecule has 1 aliphatic rings. The predicted molar refractivity (Wildman–Crippen MR) is 83.1 cm³/mol. The molecule has 1 aromatic heterocycles. The van der Waals surface area contributed by atoms with E-state index < -0.39 is 0 Å². The highest BCUT2D eigenvalue weighted by molar-refractivity contribution is 5.51. The summed E-state index contributed by atoms with van der Waals surface area (Å²) in [7, 11) is 0. The highest BCUT2D eigenvalue weighted by Gasteiger charge is 2.33. The van der Waals surface area contributed by atoms with E-state index in [1.807, 2.05) is 22.9 Å². The van der Waals surface area contributed by atoms with Crippen molar-refractivity contribution in [1.29, 1.82) is 0 Å². The smallest absolute Gasteiger partial charge is 0.130 e. The summed E-state index contributed by atoms with van der Waals surface area (Å²) in [6, 6.07) is 10.2. The molecule has 1 aromatic carbocycles. The first kappa shape index (κ1) is 13.2. The Kier molecular flexibility index (Phi) is 3.51. The first-order chi connectivity index (χ1) is 9.72. The third-order valence-electron chi connectivity index (χ3n) is 4.32. The summed E-state index contributed by atoms with van der Waals surface area (Å²) >= 11 is 0. The van der Waals surface area contributed by atoms with E-state index in [0.717, 1.165) is 30.3 Å². The lowest BCUT2D eigenvalue weighted by Crippen LogP contribution is -2.02. The maximum atomic E-state index is 6.38. The van der Waals surface area contributed by atoms with Gasteiger partial charge in [0.25, 0.3) is 0 Å². The minimum atomic E-state index is 0.531. The number of benzene rings is 1. The molecular formula is C17H23N3. The van der Waals surface area contributed by atoms with E-state index in [1.54, 1.807) is 0 Å². The molecule has 1 atom stereocenters.